The molecule has 110 valence electrons. The van der Waals surface area contributed by atoms with Gasteiger partial charge in [-0.15, -0.1) is 0 Å². The van der Waals surface area contributed by atoms with E-state index in [1.165, 1.54) is 0 Å². The summed E-state index contributed by atoms with van der Waals surface area (Å²) in [4.78, 5) is 7.38. The van der Waals surface area contributed by atoms with Gasteiger partial charge in [0.2, 0.25) is 0 Å². The summed E-state index contributed by atoms with van der Waals surface area (Å²) in [5, 5.41) is 1.05. The van der Waals surface area contributed by atoms with E-state index in [1.807, 2.05) is 30.3 Å². The number of aromatic nitrogens is 1. The van der Waals surface area contributed by atoms with E-state index in [2.05, 4.69) is 18.7 Å². The Morgan fingerprint density at radius 1 is 1.38 bits per heavy atom. The Kier molecular flexibility index (Phi) is 3.55. The van der Waals surface area contributed by atoms with Crippen molar-refractivity contribution in [1.82, 2.24) is 4.98 Å². The number of hydrogen-bond donors (Lipinski definition) is 1. The van der Waals surface area contributed by atoms with Crippen LogP contribution in [0.25, 0.3) is 10.9 Å². The zero-order chi connectivity index (χ0) is 15.0. The highest BCUT2D eigenvalue weighted by molar-refractivity contribution is 7.80. The smallest absolute Gasteiger partial charge is 0.139 e. The van der Waals surface area contributed by atoms with Crippen LogP contribution in [0, 0.1) is 0 Å². The number of nitrogens with two attached hydrogens (primary N) is 1. The maximum atomic E-state index is 5.91. The van der Waals surface area contributed by atoms with Gasteiger partial charge in [0, 0.05) is 18.5 Å². The molecule has 0 spiro atoms. The van der Waals surface area contributed by atoms with Crippen LogP contribution in [0.4, 0.5) is 5.82 Å². The molecule has 1 saturated heterocycles. The number of anilines is 1. The van der Waals surface area contributed by atoms with Crippen LogP contribution in [0.1, 0.15) is 19.4 Å². The lowest BCUT2D eigenvalue weighted by atomic mass is 10.1. The summed E-state index contributed by atoms with van der Waals surface area (Å²) in [6.45, 7) is 6.41. The van der Waals surface area contributed by atoms with Crippen molar-refractivity contribution in [3.05, 3.63) is 35.9 Å². The summed E-state index contributed by atoms with van der Waals surface area (Å²) in [5.74, 6) is 0.859. The number of hydrogen-bond acceptors (Lipinski definition) is 4. The lowest BCUT2D eigenvalue weighted by Crippen LogP contribution is -2.49. The molecule has 0 saturated carbocycles. The van der Waals surface area contributed by atoms with Gasteiger partial charge in [0.25, 0.3) is 0 Å². The van der Waals surface area contributed by atoms with Crippen LogP contribution < -0.4 is 10.6 Å². The maximum Gasteiger partial charge on any atom is 0.139 e. The van der Waals surface area contributed by atoms with E-state index in [0.29, 0.717) is 11.6 Å². The molecule has 2 heterocycles. The molecule has 21 heavy (non-hydrogen) atoms. The number of thiocarbonyl (C=S) groups is 1. The number of benzene rings is 1. The van der Waals surface area contributed by atoms with Gasteiger partial charge in [0.1, 0.15) is 10.8 Å². The second-order valence-corrected chi connectivity index (χ2v) is 6.39. The molecular weight excluding hydrogens is 282 g/mol. The second kappa shape index (κ2) is 5.24. The summed E-state index contributed by atoms with van der Waals surface area (Å²) in [6, 6.07) is 10.0. The Bertz CT molecular complexity index is 699. The van der Waals surface area contributed by atoms with Crippen molar-refractivity contribution in [2.24, 2.45) is 5.73 Å². The minimum absolute atomic E-state index is 0.195. The molecule has 1 aromatic heterocycles. The van der Waals surface area contributed by atoms with E-state index in [0.717, 1.165) is 35.4 Å². The van der Waals surface area contributed by atoms with Crippen molar-refractivity contribution in [1.29, 1.82) is 0 Å². The van der Waals surface area contributed by atoms with E-state index < -0.39 is 0 Å². The van der Waals surface area contributed by atoms with E-state index in [9.17, 15) is 0 Å². The van der Waals surface area contributed by atoms with Gasteiger partial charge < -0.3 is 15.4 Å². The first kappa shape index (κ1) is 14.2. The minimum Gasteiger partial charge on any atom is -0.389 e. The number of nitrogens with zero attached hydrogens (tertiary/aromatic N) is 2. The number of fused-ring (bicyclic) bond motifs is 1. The van der Waals surface area contributed by atoms with Crippen LogP contribution in [0.5, 0.6) is 0 Å². The average molecular weight is 301 g/mol. The highest BCUT2D eigenvalue weighted by atomic mass is 32.1. The molecule has 1 fully saturated rings. The molecule has 5 heteroatoms. The number of morpholine rings is 1. The highest BCUT2D eigenvalue weighted by Crippen LogP contribution is 2.27. The Balaban J connectivity index is 2.11. The summed E-state index contributed by atoms with van der Waals surface area (Å²) in [5.41, 5.74) is 7.51. The first-order chi connectivity index (χ1) is 9.96. The number of rotatable bonds is 2. The molecule has 0 aliphatic carbocycles. The van der Waals surface area contributed by atoms with Crippen molar-refractivity contribution < 1.29 is 4.74 Å². The Morgan fingerprint density at radius 3 is 2.86 bits per heavy atom. The number of para-hydroxylation sites is 1. The van der Waals surface area contributed by atoms with E-state index in [-0.39, 0.29) is 5.60 Å². The van der Waals surface area contributed by atoms with Crippen LogP contribution in [0.15, 0.2) is 30.3 Å². The zero-order valence-electron chi connectivity index (χ0n) is 12.3. The highest BCUT2D eigenvalue weighted by Gasteiger charge is 2.29. The van der Waals surface area contributed by atoms with Gasteiger partial charge in [0.15, 0.2) is 0 Å². The Hall–Kier alpha value is -1.72. The van der Waals surface area contributed by atoms with Crippen molar-refractivity contribution in [2.75, 3.05) is 24.6 Å². The van der Waals surface area contributed by atoms with Gasteiger partial charge >= 0.3 is 0 Å². The predicted molar refractivity (Wildman–Crippen MR) is 89.9 cm³/mol. The molecule has 2 aromatic rings. The molecule has 4 nitrogen and oxygen atoms in total. The maximum absolute atomic E-state index is 5.91. The van der Waals surface area contributed by atoms with Crippen molar-refractivity contribution in [3.63, 3.8) is 0 Å². The molecule has 0 unspecified atom stereocenters. The largest absolute Gasteiger partial charge is 0.389 e. The lowest BCUT2D eigenvalue weighted by molar-refractivity contribution is -0.0279. The standard InChI is InChI=1S/C16H19N3OS/c1-16(2)10-19(7-8-20-16)15-12(14(17)21)9-11-5-3-4-6-13(11)18-15/h3-6,9H,7-8,10H2,1-2H3,(H2,17,21). The summed E-state index contributed by atoms with van der Waals surface area (Å²) in [6.07, 6.45) is 0. The number of pyridine rings is 1. The van der Waals surface area contributed by atoms with E-state index >= 15 is 0 Å². The molecule has 0 bridgehead atoms. The molecule has 3 rings (SSSR count). The quantitative estimate of drug-likeness (QED) is 0.864. The molecule has 1 aliphatic rings. The monoisotopic (exact) mass is 301 g/mol. The SMILES string of the molecule is CC1(C)CN(c2nc3ccccc3cc2C(N)=S)CCO1. The van der Waals surface area contributed by atoms with Crippen LogP contribution in [0.3, 0.4) is 0 Å². The molecule has 2 N–H and O–H groups in total. The van der Waals surface area contributed by atoms with Gasteiger partial charge in [-0.1, -0.05) is 30.4 Å². The zero-order valence-corrected chi connectivity index (χ0v) is 13.1. The Morgan fingerprint density at radius 2 is 2.14 bits per heavy atom. The molecule has 1 aromatic carbocycles. The van der Waals surface area contributed by atoms with E-state index in [4.69, 9.17) is 27.7 Å². The molecule has 0 radical (unpaired) electrons. The molecule has 0 atom stereocenters. The van der Waals surface area contributed by atoms with Gasteiger partial charge in [-0.05, 0) is 26.0 Å². The van der Waals surface area contributed by atoms with Crippen molar-refractivity contribution in [2.45, 2.75) is 19.4 Å². The topological polar surface area (TPSA) is 51.4 Å². The first-order valence-electron chi connectivity index (χ1n) is 7.05. The first-order valence-corrected chi connectivity index (χ1v) is 7.46. The normalized spacial score (nSPS) is 17.9. The Labute approximate surface area is 129 Å². The van der Waals surface area contributed by atoms with Crippen LogP contribution in [-0.4, -0.2) is 35.3 Å². The second-order valence-electron chi connectivity index (χ2n) is 5.95. The fraction of sp³-hybridized carbons (Fsp3) is 0.375. The fourth-order valence-corrected chi connectivity index (χ4v) is 2.88. The van der Waals surface area contributed by atoms with Crippen LogP contribution in [0.2, 0.25) is 0 Å². The third kappa shape index (κ3) is 2.84. The van der Waals surface area contributed by atoms with Crippen LogP contribution in [-0.2, 0) is 4.74 Å². The fourth-order valence-electron chi connectivity index (χ4n) is 2.73. The van der Waals surface area contributed by atoms with Crippen molar-refractivity contribution in [3.8, 4) is 0 Å². The third-order valence-corrected chi connectivity index (χ3v) is 3.91. The summed E-state index contributed by atoms with van der Waals surface area (Å²) >= 11 is 5.22. The minimum atomic E-state index is -0.195. The number of ether oxygens (including phenoxy) is 1. The third-order valence-electron chi connectivity index (χ3n) is 3.69. The van der Waals surface area contributed by atoms with Crippen molar-refractivity contribution >= 4 is 33.9 Å². The van der Waals surface area contributed by atoms with E-state index in [1.54, 1.807) is 0 Å². The predicted octanol–water partition coefficient (Wildman–Crippen LogP) is 2.48. The van der Waals surface area contributed by atoms with Crippen LogP contribution >= 0.6 is 12.2 Å². The average Bonchev–Trinajstić information content (AvgIpc) is 2.44. The van der Waals surface area contributed by atoms with Gasteiger partial charge in [-0.25, -0.2) is 4.98 Å². The summed E-state index contributed by atoms with van der Waals surface area (Å²) in [7, 11) is 0. The molecule has 1 aliphatic heterocycles. The van der Waals surface area contributed by atoms with Gasteiger partial charge in [-0.3, -0.25) is 0 Å². The lowest BCUT2D eigenvalue weighted by Gasteiger charge is -2.39. The molecule has 0 amide bonds. The van der Waals surface area contributed by atoms with Gasteiger partial charge in [0.05, 0.1) is 23.3 Å². The molecular formula is C16H19N3OS. The van der Waals surface area contributed by atoms with Gasteiger partial charge in [-0.2, -0.15) is 0 Å². The summed E-state index contributed by atoms with van der Waals surface area (Å²) < 4.78 is 5.77.